The zero-order valence-corrected chi connectivity index (χ0v) is 11.2. The van der Waals surface area contributed by atoms with E-state index in [-0.39, 0.29) is 0 Å². The summed E-state index contributed by atoms with van der Waals surface area (Å²) in [5, 5.41) is 0.597. The van der Waals surface area contributed by atoms with Crippen LogP contribution in [-0.2, 0) is 0 Å². The Morgan fingerprint density at radius 3 is 2.31 bits per heavy atom. The lowest BCUT2D eigenvalue weighted by Crippen LogP contribution is -2.00. The van der Waals surface area contributed by atoms with Gasteiger partial charge in [0.05, 0.1) is 19.2 Å². The molecule has 0 aliphatic rings. The minimum Gasteiger partial charge on any atom is -0.496 e. The van der Waals surface area contributed by atoms with Gasteiger partial charge in [-0.2, -0.15) is 0 Å². The highest BCUT2D eigenvalue weighted by molar-refractivity contribution is 6.32. The second-order valence-corrected chi connectivity index (χ2v) is 4.39. The quantitative estimate of drug-likeness (QED) is 0.745. The van der Waals surface area contributed by atoms with Gasteiger partial charge in [0.25, 0.3) is 0 Å². The number of ether oxygens (including phenoxy) is 2. The first-order chi connectivity index (χ1) is 7.63. The molecule has 0 saturated carbocycles. The van der Waals surface area contributed by atoms with E-state index in [4.69, 9.17) is 32.7 Å². The number of methoxy groups -OCH3 is 2. The van der Waals surface area contributed by atoms with Crippen LogP contribution in [0.15, 0.2) is 12.1 Å². The summed E-state index contributed by atoms with van der Waals surface area (Å²) in [5.74, 6) is 2.35. The van der Waals surface area contributed by atoms with Crippen molar-refractivity contribution in [2.75, 3.05) is 20.1 Å². The first-order valence-corrected chi connectivity index (χ1v) is 6.02. The predicted molar refractivity (Wildman–Crippen MR) is 68.3 cm³/mol. The maximum Gasteiger partial charge on any atom is 0.141 e. The Morgan fingerprint density at radius 2 is 1.81 bits per heavy atom. The molecule has 0 radical (unpaired) electrons. The maximum absolute atomic E-state index is 6.09. The maximum atomic E-state index is 6.09. The van der Waals surface area contributed by atoms with Gasteiger partial charge in [-0.15, -0.1) is 11.6 Å². The van der Waals surface area contributed by atoms with Crippen molar-refractivity contribution in [2.45, 2.75) is 19.3 Å². The zero-order chi connectivity index (χ0) is 12.1. The summed E-state index contributed by atoms with van der Waals surface area (Å²) < 4.78 is 10.5. The van der Waals surface area contributed by atoms with Crippen molar-refractivity contribution < 1.29 is 9.47 Å². The van der Waals surface area contributed by atoms with E-state index in [0.29, 0.717) is 22.6 Å². The fourth-order valence-electron chi connectivity index (χ4n) is 1.59. The van der Waals surface area contributed by atoms with E-state index >= 15 is 0 Å². The normalized spacial score (nSPS) is 12.3. The third kappa shape index (κ3) is 2.96. The van der Waals surface area contributed by atoms with Crippen LogP contribution in [-0.4, -0.2) is 20.1 Å². The molecule has 1 atom stereocenters. The fourth-order valence-corrected chi connectivity index (χ4v) is 2.16. The summed E-state index contributed by atoms with van der Waals surface area (Å²) in [6, 6.07) is 3.69. The molecule has 0 heterocycles. The fraction of sp³-hybridized carbons (Fsp3) is 0.500. The van der Waals surface area contributed by atoms with Crippen LogP contribution in [0.1, 0.15) is 24.8 Å². The van der Waals surface area contributed by atoms with E-state index in [1.54, 1.807) is 14.2 Å². The lowest BCUT2D eigenvalue weighted by atomic mass is 9.97. The first-order valence-electron chi connectivity index (χ1n) is 5.11. The highest BCUT2D eigenvalue weighted by Gasteiger charge is 2.14. The number of benzene rings is 1. The summed E-state index contributed by atoms with van der Waals surface area (Å²) >= 11 is 11.8. The molecule has 0 saturated heterocycles. The Labute approximate surface area is 106 Å². The monoisotopic (exact) mass is 262 g/mol. The van der Waals surface area contributed by atoms with Gasteiger partial charge in [-0.05, 0) is 24.0 Å². The van der Waals surface area contributed by atoms with Crippen LogP contribution in [0.2, 0.25) is 5.02 Å². The van der Waals surface area contributed by atoms with E-state index < -0.39 is 0 Å². The van der Waals surface area contributed by atoms with Gasteiger partial charge in [0.15, 0.2) is 0 Å². The second-order valence-electron chi connectivity index (χ2n) is 3.61. The molecular formula is C12H16Cl2O2. The number of hydrogen-bond acceptors (Lipinski definition) is 2. The lowest BCUT2D eigenvalue weighted by Gasteiger charge is -2.16. The zero-order valence-electron chi connectivity index (χ0n) is 9.72. The minimum atomic E-state index is 0.316. The largest absolute Gasteiger partial charge is 0.496 e. The van der Waals surface area contributed by atoms with Crippen LogP contribution < -0.4 is 9.47 Å². The molecule has 2 nitrogen and oxygen atoms in total. The Kier molecular flexibility index (Phi) is 5.23. The van der Waals surface area contributed by atoms with E-state index in [0.717, 1.165) is 17.7 Å². The van der Waals surface area contributed by atoms with Crippen molar-refractivity contribution in [3.63, 3.8) is 0 Å². The van der Waals surface area contributed by atoms with Crippen molar-refractivity contribution in [3.05, 3.63) is 22.7 Å². The SMILES string of the molecule is COc1cc(OC)c(C(C)CCCl)cc1Cl. The number of halogens is 2. The molecule has 0 aliphatic heterocycles. The van der Waals surface area contributed by atoms with Gasteiger partial charge in [0.1, 0.15) is 11.5 Å². The summed E-state index contributed by atoms with van der Waals surface area (Å²) in [6.45, 7) is 2.10. The van der Waals surface area contributed by atoms with Crippen molar-refractivity contribution in [1.29, 1.82) is 0 Å². The van der Waals surface area contributed by atoms with Gasteiger partial charge in [-0.1, -0.05) is 18.5 Å². The van der Waals surface area contributed by atoms with E-state index in [1.165, 1.54) is 0 Å². The first kappa shape index (κ1) is 13.5. The van der Waals surface area contributed by atoms with Crippen molar-refractivity contribution in [2.24, 2.45) is 0 Å². The summed E-state index contributed by atoms with van der Waals surface area (Å²) in [6.07, 6.45) is 0.889. The molecule has 90 valence electrons. The number of alkyl halides is 1. The van der Waals surface area contributed by atoms with Crippen LogP contribution in [0.3, 0.4) is 0 Å². The summed E-state index contributed by atoms with van der Waals surface area (Å²) in [7, 11) is 3.22. The van der Waals surface area contributed by atoms with E-state index in [1.807, 2.05) is 12.1 Å². The van der Waals surface area contributed by atoms with Crippen molar-refractivity contribution >= 4 is 23.2 Å². The van der Waals surface area contributed by atoms with Crippen LogP contribution in [0, 0.1) is 0 Å². The van der Waals surface area contributed by atoms with Gasteiger partial charge in [-0.25, -0.2) is 0 Å². The highest BCUT2D eigenvalue weighted by Crippen LogP contribution is 2.37. The third-order valence-electron chi connectivity index (χ3n) is 2.58. The molecule has 1 unspecified atom stereocenters. The van der Waals surface area contributed by atoms with E-state index in [2.05, 4.69) is 6.92 Å². The Morgan fingerprint density at radius 1 is 1.19 bits per heavy atom. The lowest BCUT2D eigenvalue weighted by molar-refractivity contribution is 0.389. The topological polar surface area (TPSA) is 18.5 Å². The minimum absolute atomic E-state index is 0.316. The van der Waals surface area contributed by atoms with Crippen LogP contribution in [0.25, 0.3) is 0 Å². The van der Waals surface area contributed by atoms with Crippen molar-refractivity contribution in [1.82, 2.24) is 0 Å². The smallest absolute Gasteiger partial charge is 0.141 e. The average Bonchev–Trinajstić information content (AvgIpc) is 2.29. The van der Waals surface area contributed by atoms with Crippen LogP contribution in [0.5, 0.6) is 11.5 Å². The Balaban J connectivity index is 3.12. The molecule has 1 aromatic rings. The molecule has 1 aromatic carbocycles. The van der Waals surface area contributed by atoms with Gasteiger partial charge in [-0.3, -0.25) is 0 Å². The molecule has 4 heteroatoms. The average molecular weight is 263 g/mol. The standard InChI is InChI=1S/C12H16Cl2O2/c1-8(4-5-13)9-6-10(14)12(16-3)7-11(9)15-2/h6-8H,4-5H2,1-3H3. The van der Waals surface area contributed by atoms with Gasteiger partial charge in [0.2, 0.25) is 0 Å². The van der Waals surface area contributed by atoms with Crippen molar-refractivity contribution in [3.8, 4) is 11.5 Å². The number of hydrogen-bond donors (Lipinski definition) is 0. The molecule has 0 aromatic heterocycles. The predicted octanol–water partition coefficient (Wildman–Crippen LogP) is 4.09. The molecular weight excluding hydrogens is 247 g/mol. The Hall–Kier alpha value is -0.600. The Bertz CT molecular complexity index is 353. The molecule has 0 amide bonds. The van der Waals surface area contributed by atoms with E-state index in [9.17, 15) is 0 Å². The molecule has 0 bridgehead atoms. The van der Waals surface area contributed by atoms with Crippen LogP contribution in [0.4, 0.5) is 0 Å². The number of rotatable bonds is 5. The summed E-state index contributed by atoms with van der Waals surface area (Å²) in [4.78, 5) is 0. The molecule has 1 rings (SSSR count). The summed E-state index contributed by atoms with van der Waals surface area (Å²) in [5.41, 5.74) is 1.06. The van der Waals surface area contributed by atoms with Gasteiger partial charge < -0.3 is 9.47 Å². The van der Waals surface area contributed by atoms with Gasteiger partial charge in [0, 0.05) is 11.9 Å². The highest BCUT2D eigenvalue weighted by atomic mass is 35.5. The second kappa shape index (κ2) is 6.21. The molecule has 0 aliphatic carbocycles. The molecule has 0 N–H and O–H groups in total. The molecule has 0 spiro atoms. The molecule has 0 fully saturated rings. The van der Waals surface area contributed by atoms with Gasteiger partial charge >= 0.3 is 0 Å². The van der Waals surface area contributed by atoms with Crippen LogP contribution >= 0.6 is 23.2 Å². The molecule has 16 heavy (non-hydrogen) atoms. The third-order valence-corrected chi connectivity index (χ3v) is 3.09.